The van der Waals surface area contributed by atoms with Crippen LogP contribution in [0.2, 0.25) is 0 Å². The van der Waals surface area contributed by atoms with Crippen LogP contribution in [0.15, 0.2) is 75.5 Å². The number of hydrogen-bond acceptors (Lipinski definition) is 6. The number of hydrogen-bond donors (Lipinski definition) is 3. The standard InChI is InChI=1S/C30H33N7O2/c1-19-6-4-11-25(33-24-10-3-2-9-22(19)24)29(38)37-16-14-30(15-17-37)34-27(20-7-5-8-20)23-18-21(28(31)35-36-32)12-13-26(23)39-30/h2-4,9-13,18-19,34H,5-8,14-17H2,1H3,(H3,31,32,35)/b11-4+,33-25?. The van der Waals surface area contributed by atoms with Crippen LogP contribution in [0.4, 0.5) is 5.69 Å². The molecule has 39 heavy (non-hydrogen) atoms. The Morgan fingerprint density at radius 3 is 2.74 bits per heavy atom. The maximum Gasteiger partial charge on any atom is 0.272 e. The van der Waals surface area contributed by atoms with Gasteiger partial charge in [-0.15, -0.1) is 5.11 Å². The first-order valence-corrected chi connectivity index (χ1v) is 13.6. The molecule has 1 aliphatic carbocycles. The summed E-state index contributed by atoms with van der Waals surface area (Å²) in [5, 5.41) is 18.8. The topological polar surface area (TPSA) is 129 Å². The molecule has 1 spiro atoms. The molecule has 200 valence electrons. The Balaban J connectivity index is 1.23. The van der Waals surface area contributed by atoms with Gasteiger partial charge in [0.15, 0.2) is 11.6 Å². The van der Waals surface area contributed by atoms with Crippen LogP contribution in [-0.2, 0) is 4.79 Å². The zero-order valence-electron chi connectivity index (χ0n) is 22.1. The van der Waals surface area contributed by atoms with E-state index >= 15 is 0 Å². The quantitative estimate of drug-likeness (QED) is 0.161. The van der Waals surface area contributed by atoms with Gasteiger partial charge in [-0.05, 0) is 73.1 Å². The lowest BCUT2D eigenvalue weighted by molar-refractivity contribution is -0.128. The second kappa shape index (κ2) is 10.1. The van der Waals surface area contributed by atoms with E-state index in [-0.39, 0.29) is 11.7 Å². The minimum absolute atomic E-state index is 0.00799. The molecule has 2 aromatic carbocycles. The molecule has 1 atom stereocenters. The summed E-state index contributed by atoms with van der Waals surface area (Å²) in [6, 6.07) is 13.7. The van der Waals surface area contributed by atoms with E-state index in [0.717, 1.165) is 42.0 Å². The average molecular weight is 524 g/mol. The number of nitrogens with two attached hydrogens (primary N) is 1. The number of benzene rings is 2. The summed E-state index contributed by atoms with van der Waals surface area (Å²) in [5.74, 6) is 6.26. The molecular formula is C30H33N7O2. The number of amides is 1. The molecule has 1 saturated carbocycles. The maximum absolute atomic E-state index is 13.6. The van der Waals surface area contributed by atoms with Crippen LogP contribution in [0.1, 0.15) is 68.1 Å². The number of piperidine rings is 1. The van der Waals surface area contributed by atoms with Crippen molar-refractivity contribution in [1.82, 2.24) is 10.2 Å². The van der Waals surface area contributed by atoms with E-state index in [4.69, 9.17) is 21.0 Å². The molecule has 4 aliphatic rings. The first-order valence-electron chi connectivity index (χ1n) is 13.6. The fourth-order valence-electron chi connectivity index (χ4n) is 5.75. The van der Waals surface area contributed by atoms with Crippen LogP contribution in [0.5, 0.6) is 5.75 Å². The first kappa shape index (κ1) is 25.0. The van der Waals surface area contributed by atoms with E-state index in [9.17, 15) is 4.79 Å². The van der Waals surface area contributed by atoms with Crippen LogP contribution in [0.3, 0.4) is 0 Å². The molecule has 0 aromatic heterocycles. The van der Waals surface area contributed by atoms with Crippen molar-refractivity contribution in [1.29, 1.82) is 5.41 Å². The minimum atomic E-state index is -0.589. The molecule has 6 rings (SSSR count). The van der Waals surface area contributed by atoms with Gasteiger partial charge in [-0.1, -0.05) is 36.4 Å². The molecule has 4 N–H and O–H groups in total. The zero-order chi connectivity index (χ0) is 27.0. The normalized spacial score (nSPS) is 22.4. The first-order chi connectivity index (χ1) is 19.0. The van der Waals surface area contributed by atoms with Gasteiger partial charge >= 0.3 is 0 Å². The Bertz CT molecular complexity index is 1440. The summed E-state index contributed by atoms with van der Waals surface area (Å²) >= 11 is 0. The molecule has 0 bridgehead atoms. The van der Waals surface area contributed by atoms with Gasteiger partial charge in [-0.25, -0.2) is 4.99 Å². The number of nitrogens with one attached hydrogen (secondary N) is 2. The highest BCUT2D eigenvalue weighted by Crippen LogP contribution is 2.43. The summed E-state index contributed by atoms with van der Waals surface area (Å²) in [6.07, 6.45) is 9.36. The number of aliphatic imine (C=N–C) groups is 1. The number of allylic oxidation sites excluding steroid dienone is 2. The Morgan fingerprint density at radius 1 is 1.21 bits per heavy atom. The van der Waals surface area contributed by atoms with Crippen molar-refractivity contribution in [3.63, 3.8) is 0 Å². The Labute approximate surface area is 228 Å². The van der Waals surface area contributed by atoms with Crippen molar-refractivity contribution >= 4 is 28.8 Å². The highest BCUT2D eigenvalue weighted by molar-refractivity contribution is 6.43. The summed E-state index contributed by atoms with van der Waals surface area (Å²) in [7, 11) is 0. The van der Waals surface area contributed by atoms with Gasteiger partial charge in [-0.2, -0.15) is 0 Å². The van der Waals surface area contributed by atoms with E-state index < -0.39 is 5.72 Å². The van der Waals surface area contributed by atoms with E-state index in [0.29, 0.717) is 43.1 Å². The Hall–Kier alpha value is -4.27. The van der Waals surface area contributed by atoms with E-state index in [1.807, 2.05) is 47.4 Å². The van der Waals surface area contributed by atoms with Gasteiger partial charge in [0.2, 0.25) is 0 Å². The highest BCUT2D eigenvalue weighted by Gasteiger charge is 2.43. The molecule has 2 aromatic rings. The van der Waals surface area contributed by atoms with E-state index in [1.54, 1.807) is 0 Å². The molecule has 9 nitrogen and oxygen atoms in total. The van der Waals surface area contributed by atoms with Crippen LogP contribution in [-0.4, -0.2) is 41.2 Å². The lowest BCUT2D eigenvalue weighted by Gasteiger charge is -2.47. The lowest BCUT2D eigenvalue weighted by Crippen LogP contribution is -2.59. The Kier molecular flexibility index (Phi) is 6.50. The molecular weight excluding hydrogens is 490 g/mol. The summed E-state index contributed by atoms with van der Waals surface area (Å²) in [4.78, 5) is 20.3. The number of nitrogens with zero attached hydrogens (tertiary/aromatic N) is 4. The second-order valence-electron chi connectivity index (χ2n) is 10.7. The third-order valence-corrected chi connectivity index (χ3v) is 8.20. The number of likely N-dealkylation sites (tertiary alicyclic amines) is 1. The number of carbonyl (C=O) groups is 1. The minimum Gasteiger partial charge on any atom is -0.467 e. The molecule has 3 heterocycles. The van der Waals surface area contributed by atoms with Crippen molar-refractivity contribution < 1.29 is 9.53 Å². The van der Waals surface area contributed by atoms with Gasteiger partial charge in [-0.3, -0.25) is 10.2 Å². The van der Waals surface area contributed by atoms with Crippen LogP contribution in [0.25, 0.3) is 5.70 Å². The SMILES string of the molecule is CC1C/C=C/C(C(=O)N2CCC3(CC2)NC(=C2CCC2)c2cc(C(=N)N=NN)ccc2O3)=Nc2ccccc21. The molecule has 9 heteroatoms. The van der Waals surface area contributed by atoms with Gasteiger partial charge in [0.05, 0.1) is 5.69 Å². The van der Waals surface area contributed by atoms with Gasteiger partial charge < -0.3 is 20.8 Å². The molecule has 2 fully saturated rings. The van der Waals surface area contributed by atoms with Crippen LogP contribution >= 0.6 is 0 Å². The summed E-state index contributed by atoms with van der Waals surface area (Å²) in [5.41, 5.74) is 5.95. The van der Waals surface area contributed by atoms with Gasteiger partial charge in [0.25, 0.3) is 5.91 Å². The largest absolute Gasteiger partial charge is 0.467 e. The summed E-state index contributed by atoms with van der Waals surface area (Å²) < 4.78 is 6.60. The van der Waals surface area contributed by atoms with Gasteiger partial charge in [0, 0.05) is 42.8 Å². The summed E-state index contributed by atoms with van der Waals surface area (Å²) in [6.45, 7) is 3.32. The van der Waals surface area contributed by atoms with Gasteiger partial charge in [0.1, 0.15) is 11.5 Å². The van der Waals surface area contributed by atoms with Crippen molar-refractivity contribution in [2.24, 2.45) is 21.2 Å². The predicted octanol–water partition coefficient (Wildman–Crippen LogP) is 5.37. The third-order valence-electron chi connectivity index (χ3n) is 8.20. The highest BCUT2D eigenvalue weighted by atomic mass is 16.5. The van der Waals surface area contributed by atoms with Crippen molar-refractivity contribution in [3.8, 4) is 5.75 Å². The number of para-hydroxylation sites is 1. The molecule has 1 saturated heterocycles. The number of fused-ring (bicyclic) bond motifs is 2. The fraction of sp³-hybridized carbons (Fsp3) is 0.367. The monoisotopic (exact) mass is 523 g/mol. The lowest BCUT2D eigenvalue weighted by atomic mass is 9.85. The van der Waals surface area contributed by atoms with E-state index in [1.165, 1.54) is 17.6 Å². The fourth-order valence-corrected chi connectivity index (χ4v) is 5.75. The van der Waals surface area contributed by atoms with Crippen molar-refractivity contribution in [2.75, 3.05) is 13.1 Å². The zero-order valence-corrected chi connectivity index (χ0v) is 22.1. The number of rotatable bonds is 2. The van der Waals surface area contributed by atoms with Crippen molar-refractivity contribution in [3.05, 3.63) is 76.9 Å². The number of amidine groups is 1. The number of ether oxygens (including phenoxy) is 1. The molecule has 3 aliphatic heterocycles. The molecule has 1 amide bonds. The predicted molar refractivity (Wildman–Crippen MR) is 151 cm³/mol. The molecule has 0 radical (unpaired) electrons. The molecule has 1 unspecified atom stereocenters. The second-order valence-corrected chi connectivity index (χ2v) is 10.7. The number of carbonyl (C=O) groups excluding carboxylic acids is 1. The van der Waals surface area contributed by atoms with Crippen LogP contribution < -0.4 is 15.9 Å². The Morgan fingerprint density at radius 2 is 2.00 bits per heavy atom. The smallest absolute Gasteiger partial charge is 0.272 e. The average Bonchev–Trinajstić information content (AvgIpc) is 2.90. The maximum atomic E-state index is 13.6. The van der Waals surface area contributed by atoms with Crippen LogP contribution in [0, 0.1) is 5.41 Å². The van der Waals surface area contributed by atoms with E-state index in [2.05, 4.69) is 34.7 Å². The van der Waals surface area contributed by atoms with Crippen molar-refractivity contribution in [2.45, 2.75) is 57.1 Å². The third kappa shape index (κ3) is 4.73.